The quantitative estimate of drug-likeness (QED) is 0.238. The van der Waals surface area contributed by atoms with Gasteiger partial charge in [0, 0.05) is 18.1 Å². The molecule has 1 N–H and O–H groups in total. The van der Waals surface area contributed by atoms with E-state index in [0.717, 1.165) is 38.7 Å². The van der Waals surface area contributed by atoms with Gasteiger partial charge in [0.15, 0.2) is 6.29 Å². The Labute approximate surface area is 191 Å². The van der Waals surface area contributed by atoms with Crippen LogP contribution in [0.25, 0.3) is 10.4 Å². The molecule has 1 heterocycles. The molecule has 3 fully saturated rings. The summed E-state index contributed by atoms with van der Waals surface area (Å²) >= 11 is 0. The van der Waals surface area contributed by atoms with Gasteiger partial charge in [-0.15, -0.1) is 0 Å². The Morgan fingerprint density at radius 1 is 1.28 bits per heavy atom. The van der Waals surface area contributed by atoms with Gasteiger partial charge < -0.3 is 14.6 Å². The van der Waals surface area contributed by atoms with Crippen molar-refractivity contribution in [1.29, 1.82) is 0 Å². The fourth-order valence-electron chi connectivity index (χ4n) is 7.69. The molecule has 0 aromatic heterocycles. The third-order valence-corrected chi connectivity index (χ3v) is 9.12. The molecule has 0 amide bonds. The van der Waals surface area contributed by atoms with E-state index in [0.29, 0.717) is 36.0 Å². The van der Waals surface area contributed by atoms with Crippen LogP contribution in [-0.2, 0) is 15.9 Å². The highest BCUT2D eigenvalue weighted by Crippen LogP contribution is 2.63. The van der Waals surface area contributed by atoms with E-state index in [1.807, 2.05) is 12.1 Å². The number of azide groups is 1. The first-order valence-corrected chi connectivity index (χ1v) is 12.7. The Morgan fingerprint density at radius 3 is 3.00 bits per heavy atom. The molecule has 1 aromatic rings. The summed E-state index contributed by atoms with van der Waals surface area (Å²) in [5, 5.41) is 13.7. The molecular formula is C26H37N3O3. The first-order valence-electron chi connectivity index (χ1n) is 12.7. The van der Waals surface area contributed by atoms with Crippen LogP contribution in [0.4, 0.5) is 0 Å². The number of ether oxygens (including phenoxy) is 2. The van der Waals surface area contributed by atoms with Crippen molar-refractivity contribution in [3.8, 4) is 5.75 Å². The Kier molecular flexibility index (Phi) is 6.37. The second-order valence-electron chi connectivity index (χ2n) is 10.8. The molecule has 0 bridgehead atoms. The third-order valence-electron chi connectivity index (χ3n) is 9.12. The number of rotatable bonds is 6. The van der Waals surface area contributed by atoms with E-state index < -0.39 is 0 Å². The molecule has 3 aliphatic carbocycles. The summed E-state index contributed by atoms with van der Waals surface area (Å²) < 4.78 is 12.8. The van der Waals surface area contributed by atoms with Crippen molar-refractivity contribution in [2.24, 2.45) is 28.3 Å². The van der Waals surface area contributed by atoms with Crippen molar-refractivity contribution in [3.63, 3.8) is 0 Å². The lowest BCUT2D eigenvalue weighted by Crippen LogP contribution is -2.47. The SMILES string of the molecule is C[C@]12CC[C@@H]3c4ccc(O)cc4CC[C@H]3[C@@H]1C[C@H](CCCN=[N+]=[N-])[C@@H]2OC1CCCCO1. The zero-order valence-corrected chi connectivity index (χ0v) is 19.3. The van der Waals surface area contributed by atoms with Crippen LogP contribution in [0, 0.1) is 23.2 Å². The largest absolute Gasteiger partial charge is 0.508 e. The smallest absolute Gasteiger partial charge is 0.157 e. The number of phenols is 1. The van der Waals surface area contributed by atoms with Gasteiger partial charge in [-0.05, 0) is 122 Å². The molecule has 1 aromatic carbocycles. The first kappa shape index (κ1) is 22.1. The second kappa shape index (κ2) is 9.24. The summed E-state index contributed by atoms with van der Waals surface area (Å²) in [5.41, 5.74) is 11.7. The minimum absolute atomic E-state index is 0.0586. The molecule has 0 spiro atoms. The van der Waals surface area contributed by atoms with E-state index >= 15 is 0 Å². The van der Waals surface area contributed by atoms with Crippen molar-refractivity contribution in [3.05, 3.63) is 39.8 Å². The van der Waals surface area contributed by atoms with Crippen LogP contribution in [0.15, 0.2) is 23.3 Å². The first-order chi connectivity index (χ1) is 15.6. The maximum absolute atomic E-state index is 9.96. The maximum atomic E-state index is 9.96. The van der Waals surface area contributed by atoms with E-state index in [-0.39, 0.29) is 17.8 Å². The molecule has 6 heteroatoms. The van der Waals surface area contributed by atoms with E-state index in [4.69, 9.17) is 15.0 Å². The van der Waals surface area contributed by atoms with Gasteiger partial charge in [-0.2, -0.15) is 0 Å². The predicted molar refractivity (Wildman–Crippen MR) is 123 cm³/mol. The second-order valence-corrected chi connectivity index (χ2v) is 10.8. The van der Waals surface area contributed by atoms with Gasteiger partial charge in [-0.1, -0.05) is 18.1 Å². The average molecular weight is 440 g/mol. The molecule has 1 unspecified atom stereocenters. The summed E-state index contributed by atoms with van der Waals surface area (Å²) in [7, 11) is 0. The van der Waals surface area contributed by atoms with Gasteiger partial charge in [0.05, 0.1) is 6.10 Å². The highest BCUT2D eigenvalue weighted by Gasteiger charge is 2.59. The lowest BCUT2D eigenvalue weighted by atomic mass is 9.55. The minimum atomic E-state index is -0.0586. The fourth-order valence-corrected chi connectivity index (χ4v) is 7.69. The number of nitrogens with zero attached hydrogens (tertiary/aromatic N) is 3. The summed E-state index contributed by atoms with van der Waals surface area (Å²) in [6.45, 7) is 3.87. The zero-order chi connectivity index (χ0) is 22.1. The predicted octanol–water partition coefficient (Wildman–Crippen LogP) is 6.48. The topological polar surface area (TPSA) is 87.5 Å². The summed E-state index contributed by atoms with van der Waals surface area (Å²) in [6.07, 6.45) is 11.4. The lowest BCUT2D eigenvalue weighted by Gasteiger charge is -2.51. The van der Waals surface area contributed by atoms with Crippen LogP contribution in [-0.4, -0.2) is 30.7 Å². The van der Waals surface area contributed by atoms with Crippen molar-refractivity contribution in [2.75, 3.05) is 13.2 Å². The van der Waals surface area contributed by atoms with Crippen molar-refractivity contribution < 1.29 is 14.6 Å². The highest BCUT2D eigenvalue weighted by atomic mass is 16.7. The van der Waals surface area contributed by atoms with Crippen LogP contribution < -0.4 is 0 Å². The Bertz CT molecular complexity index is 864. The number of fused-ring (bicyclic) bond motifs is 5. The van der Waals surface area contributed by atoms with Crippen molar-refractivity contribution >= 4 is 0 Å². The van der Waals surface area contributed by atoms with Crippen molar-refractivity contribution in [1.82, 2.24) is 0 Å². The minimum Gasteiger partial charge on any atom is -0.508 e. The molecule has 7 atom stereocenters. The molecule has 174 valence electrons. The van der Waals surface area contributed by atoms with Crippen molar-refractivity contribution in [2.45, 2.75) is 89.4 Å². The fraction of sp³-hybridized carbons (Fsp3) is 0.769. The van der Waals surface area contributed by atoms with Gasteiger partial charge in [-0.3, -0.25) is 0 Å². The average Bonchev–Trinajstić information content (AvgIpc) is 3.08. The van der Waals surface area contributed by atoms with Crippen LogP contribution >= 0.6 is 0 Å². The van der Waals surface area contributed by atoms with E-state index in [2.05, 4.69) is 23.0 Å². The number of hydrogen-bond acceptors (Lipinski definition) is 4. The third kappa shape index (κ3) is 4.02. The Hall–Kier alpha value is -1.75. The van der Waals surface area contributed by atoms with E-state index in [9.17, 15) is 5.11 Å². The molecule has 6 nitrogen and oxygen atoms in total. The van der Waals surface area contributed by atoms with Gasteiger partial charge in [-0.25, -0.2) is 0 Å². The summed E-state index contributed by atoms with van der Waals surface area (Å²) in [4.78, 5) is 2.94. The van der Waals surface area contributed by atoms with Gasteiger partial charge in [0.2, 0.25) is 0 Å². The van der Waals surface area contributed by atoms with Gasteiger partial charge in [0.1, 0.15) is 5.75 Å². The Morgan fingerprint density at radius 2 is 2.19 bits per heavy atom. The standard InChI is InChI=1S/C26H37N3O3/c1-26-12-11-21-20-10-8-19(30)15-17(20)7-9-22(21)23(26)16-18(5-4-13-28-29-27)25(26)32-24-6-2-3-14-31-24/h8,10,15,18,21-25,30H,2-7,9,11-14,16H2,1H3/t18-,21+,22+,23-,24?,25-,26-/m0/s1. The number of aromatic hydroxyl groups is 1. The molecule has 4 aliphatic rings. The summed E-state index contributed by atoms with van der Waals surface area (Å²) in [6, 6.07) is 6.04. The molecule has 1 aliphatic heterocycles. The molecule has 0 radical (unpaired) electrons. The maximum Gasteiger partial charge on any atom is 0.157 e. The van der Waals surface area contributed by atoms with Gasteiger partial charge in [0.25, 0.3) is 0 Å². The molecular weight excluding hydrogens is 402 g/mol. The highest BCUT2D eigenvalue weighted by molar-refractivity contribution is 5.40. The van der Waals surface area contributed by atoms with E-state index in [1.165, 1.54) is 43.2 Å². The van der Waals surface area contributed by atoms with Gasteiger partial charge >= 0.3 is 0 Å². The van der Waals surface area contributed by atoms with E-state index in [1.54, 1.807) is 0 Å². The lowest BCUT2D eigenvalue weighted by molar-refractivity contribution is -0.221. The molecule has 1 saturated heterocycles. The molecule has 2 saturated carbocycles. The zero-order valence-electron chi connectivity index (χ0n) is 19.3. The normalized spacial score (nSPS) is 38.3. The van der Waals surface area contributed by atoms with Crippen LogP contribution in [0.2, 0.25) is 0 Å². The number of benzene rings is 1. The van der Waals surface area contributed by atoms with Crippen LogP contribution in [0.5, 0.6) is 5.75 Å². The monoisotopic (exact) mass is 439 g/mol. The molecule has 32 heavy (non-hydrogen) atoms. The number of phenolic OH excluding ortho intramolecular Hbond substituents is 1. The van der Waals surface area contributed by atoms with Crippen LogP contribution in [0.1, 0.15) is 81.8 Å². The number of hydrogen-bond donors (Lipinski definition) is 1. The number of aryl methyl sites for hydroxylation is 1. The van der Waals surface area contributed by atoms with Crippen LogP contribution in [0.3, 0.4) is 0 Å². The summed E-state index contributed by atoms with van der Waals surface area (Å²) in [5.74, 6) is 2.84. The Balaban J connectivity index is 1.39. The molecule has 5 rings (SSSR count).